The summed E-state index contributed by atoms with van der Waals surface area (Å²) in [4.78, 5) is 0. The maximum atomic E-state index is 4.29. The fourth-order valence-corrected chi connectivity index (χ4v) is 4.61. The van der Waals surface area contributed by atoms with Crippen molar-refractivity contribution in [3.05, 3.63) is 24.8 Å². The molecule has 3 unspecified atom stereocenters. The highest BCUT2D eigenvalue weighted by atomic mass is 14.4. The Hall–Kier alpha value is -0.520. The van der Waals surface area contributed by atoms with Crippen molar-refractivity contribution in [3.63, 3.8) is 0 Å². The molecule has 2 fully saturated rings. The van der Waals surface area contributed by atoms with Gasteiger partial charge in [0.05, 0.1) is 0 Å². The van der Waals surface area contributed by atoms with Gasteiger partial charge in [0.1, 0.15) is 0 Å². The van der Waals surface area contributed by atoms with E-state index in [-0.39, 0.29) is 5.41 Å². The highest BCUT2D eigenvalue weighted by Gasteiger charge is 2.37. The minimum absolute atomic E-state index is 0.290. The first-order valence-corrected chi connectivity index (χ1v) is 9.04. The Labute approximate surface area is 133 Å². The normalized spacial score (nSPS) is 30.3. The predicted molar refractivity (Wildman–Crippen MR) is 94.3 cm³/mol. The first-order valence-electron chi connectivity index (χ1n) is 9.04. The monoisotopic (exact) mass is 288 g/mol. The van der Waals surface area contributed by atoms with Gasteiger partial charge in [-0.3, -0.25) is 0 Å². The molecule has 0 saturated heterocycles. The van der Waals surface area contributed by atoms with Crippen molar-refractivity contribution in [2.24, 2.45) is 28.6 Å². The molecule has 2 rings (SSSR count). The smallest absolute Gasteiger partial charge is 0.0177 e. The summed E-state index contributed by atoms with van der Waals surface area (Å²) in [5.74, 6) is 2.81. The zero-order valence-electron chi connectivity index (χ0n) is 14.9. The Balaban J connectivity index is 1.83. The van der Waals surface area contributed by atoms with Gasteiger partial charge < -0.3 is 0 Å². The highest BCUT2D eigenvalue weighted by molar-refractivity contribution is 5.10. The minimum atomic E-state index is 0.290. The zero-order chi connectivity index (χ0) is 15.7. The van der Waals surface area contributed by atoms with Gasteiger partial charge in [0.2, 0.25) is 0 Å². The molecule has 0 aliphatic heterocycles. The highest BCUT2D eigenvalue weighted by Crippen LogP contribution is 2.49. The lowest BCUT2D eigenvalue weighted by molar-refractivity contribution is 0.149. The Morgan fingerprint density at radius 3 is 2.48 bits per heavy atom. The van der Waals surface area contributed by atoms with E-state index >= 15 is 0 Å². The van der Waals surface area contributed by atoms with E-state index < -0.39 is 0 Å². The first-order chi connectivity index (χ1) is 9.72. The third-order valence-corrected chi connectivity index (χ3v) is 6.29. The summed E-state index contributed by atoms with van der Waals surface area (Å²) in [6, 6.07) is 0. The summed E-state index contributed by atoms with van der Waals surface area (Å²) < 4.78 is 0. The van der Waals surface area contributed by atoms with E-state index in [9.17, 15) is 0 Å². The molecule has 0 aromatic heterocycles. The summed E-state index contributed by atoms with van der Waals surface area (Å²) in [6.07, 6.45) is 13.2. The molecule has 0 aromatic carbocycles. The number of rotatable bonds is 6. The molecule has 0 heterocycles. The van der Waals surface area contributed by atoms with Crippen molar-refractivity contribution in [1.82, 2.24) is 0 Å². The summed E-state index contributed by atoms with van der Waals surface area (Å²) in [5.41, 5.74) is 2.33. The minimum Gasteiger partial charge on any atom is -0.103 e. The van der Waals surface area contributed by atoms with E-state index in [1.54, 1.807) is 5.57 Å². The third-order valence-electron chi connectivity index (χ3n) is 6.29. The van der Waals surface area contributed by atoms with Crippen LogP contribution in [0, 0.1) is 28.6 Å². The Morgan fingerprint density at radius 1 is 1.10 bits per heavy atom. The van der Waals surface area contributed by atoms with Crippen LogP contribution < -0.4 is 0 Å². The van der Waals surface area contributed by atoms with E-state index in [4.69, 9.17) is 0 Å². The van der Waals surface area contributed by atoms with Crippen LogP contribution in [0.15, 0.2) is 24.8 Å². The van der Waals surface area contributed by atoms with E-state index in [1.807, 2.05) is 0 Å². The molecule has 0 N–H and O–H groups in total. The van der Waals surface area contributed by atoms with Crippen molar-refractivity contribution in [2.45, 2.75) is 79.1 Å². The molecule has 21 heavy (non-hydrogen) atoms. The topological polar surface area (TPSA) is 0 Å². The molecule has 0 heteroatoms. The fraction of sp³-hybridized carbons (Fsp3) is 0.810. The summed E-state index contributed by atoms with van der Waals surface area (Å²) in [6.45, 7) is 17.9. The fourth-order valence-electron chi connectivity index (χ4n) is 4.61. The Kier molecular flexibility index (Phi) is 5.06. The molecule has 2 aliphatic rings. The number of hydrogen-bond donors (Lipinski definition) is 0. The maximum absolute atomic E-state index is 4.29. The van der Waals surface area contributed by atoms with Crippen LogP contribution in [0.25, 0.3) is 0 Å². The molecule has 0 bridgehead atoms. The van der Waals surface area contributed by atoms with Gasteiger partial charge in [-0.25, -0.2) is 0 Å². The van der Waals surface area contributed by atoms with Crippen LogP contribution in [-0.4, -0.2) is 0 Å². The Morgan fingerprint density at radius 2 is 1.81 bits per heavy atom. The molecule has 0 spiro atoms. The van der Waals surface area contributed by atoms with Crippen LogP contribution >= 0.6 is 0 Å². The van der Waals surface area contributed by atoms with E-state index in [0.717, 1.165) is 17.8 Å². The van der Waals surface area contributed by atoms with Crippen LogP contribution in [0.3, 0.4) is 0 Å². The van der Waals surface area contributed by atoms with Crippen molar-refractivity contribution in [2.75, 3.05) is 0 Å². The van der Waals surface area contributed by atoms with Crippen molar-refractivity contribution >= 4 is 0 Å². The third kappa shape index (κ3) is 4.47. The largest absolute Gasteiger partial charge is 0.103 e. The molecule has 0 nitrogen and oxygen atoms in total. The molecule has 120 valence electrons. The standard InChI is InChI=1S/C21H36/c1-7-20(3,4)12-13-21(5,6)15-17-9-11-19-16(2)8-10-18(19)14-17/h7,17-19H,1-2,8-15H2,3-6H3. The average molecular weight is 289 g/mol. The van der Waals surface area contributed by atoms with E-state index in [1.165, 1.54) is 51.4 Å². The van der Waals surface area contributed by atoms with Gasteiger partial charge >= 0.3 is 0 Å². The van der Waals surface area contributed by atoms with Crippen molar-refractivity contribution in [3.8, 4) is 0 Å². The summed E-state index contributed by atoms with van der Waals surface area (Å²) in [7, 11) is 0. The second-order valence-electron chi connectivity index (χ2n) is 9.30. The second-order valence-corrected chi connectivity index (χ2v) is 9.30. The van der Waals surface area contributed by atoms with Gasteiger partial charge in [0.25, 0.3) is 0 Å². The summed E-state index contributed by atoms with van der Waals surface area (Å²) in [5, 5.41) is 0. The lowest BCUT2D eigenvalue weighted by Gasteiger charge is -2.38. The van der Waals surface area contributed by atoms with E-state index in [0.29, 0.717) is 5.41 Å². The number of fused-ring (bicyclic) bond motifs is 1. The molecule has 0 amide bonds. The molecular formula is C21H36. The Bertz CT molecular complexity index is 385. The molecule has 0 radical (unpaired) electrons. The lowest BCUT2D eigenvalue weighted by atomic mass is 9.68. The van der Waals surface area contributed by atoms with Crippen LogP contribution in [0.1, 0.15) is 79.1 Å². The zero-order valence-corrected chi connectivity index (χ0v) is 14.9. The molecule has 2 saturated carbocycles. The van der Waals surface area contributed by atoms with Crippen LogP contribution in [0.4, 0.5) is 0 Å². The van der Waals surface area contributed by atoms with Gasteiger partial charge in [-0.15, -0.1) is 6.58 Å². The first kappa shape index (κ1) is 16.8. The SMILES string of the molecule is C=CC(C)(C)CCC(C)(C)CC1CCC2C(=C)CCC2C1. The van der Waals surface area contributed by atoms with E-state index in [2.05, 4.69) is 46.9 Å². The molecule has 3 atom stereocenters. The van der Waals surface area contributed by atoms with Gasteiger partial charge in [-0.1, -0.05) is 45.9 Å². The van der Waals surface area contributed by atoms with Gasteiger partial charge in [-0.2, -0.15) is 0 Å². The molecular weight excluding hydrogens is 252 g/mol. The molecule has 0 aromatic rings. The van der Waals surface area contributed by atoms with Crippen LogP contribution in [0.2, 0.25) is 0 Å². The predicted octanol–water partition coefficient (Wildman–Crippen LogP) is 6.78. The summed E-state index contributed by atoms with van der Waals surface area (Å²) >= 11 is 0. The lowest BCUT2D eigenvalue weighted by Crippen LogP contribution is -2.26. The van der Waals surface area contributed by atoms with Gasteiger partial charge in [0.15, 0.2) is 0 Å². The van der Waals surface area contributed by atoms with Crippen LogP contribution in [-0.2, 0) is 0 Å². The average Bonchev–Trinajstić information content (AvgIpc) is 2.78. The maximum Gasteiger partial charge on any atom is -0.0177 e. The second kappa shape index (κ2) is 6.31. The number of hydrogen-bond acceptors (Lipinski definition) is 0. The molecule has 2 aliphatic carbocycles. The quantitative estimate of drug-likeness (QED) is 0.473. The number of allylic oxidation sites excluding steroid dienone is 2. The van der Waals surface area contributed by atoms with Gasteiger partial charge in [-0.05, 0) is 80.0 Å². The van der Waals surface area contributed by atoms with Crippen molar-refractivity contribution in [1.29, 1.82) is 0 Å². The van der Waals surface area contributed by atoms with Crippen LogP contribution in [0.5, 0.6) is 0 Å². The van der Waals surface area contributed by atoms with Crippen molar-refractivity contribution < 1.29 is 0 Å². The van der Waals surface area contributed by atoms with Gasteiger partial charge in [0, 0.05) is 0 Å².